The summed E-state index contributed by atoms with van der Waals surface area (Å²) in [7, 11) is 3.67. The van der Waals surface area contributed by atoms with Crippen molar-refractivity contribution in [1.29, 1.82) is 0 Å². The summed E-state index contributed by atoms with van der Waals surface area (Å²) in [6.45, 7) is 20.0. The Morgan fingerprint density at radius 3 is 1.98 bits per heavy atom. The van der Waals surface area contributed by atoms with Gasteiger partial charge in [-0.2, -0.15) is 0 Å². The number of anilines is 3. The van der Waals surface area contributed by atoms with E-state index in [2.05, 4.69) is 74.7 Å². The number of fused-ring (bicyclic) bond motifs is 2. The van der Waals surface area contributed by atoms with Gasteiger partial charge in [0.25, 0.3) is 0 Å². The van der Waals surface area contributed by atoms with E-state index in [-0.39, 0.29) is 86.2 Å². The Hall–Kier alpha value is -8.54. The van der Waals surface area contributed by atoms with Crippen molar-refractivity contribution < 1.29 is 48.2 Å². The summed E-state index contributed by atoms with van der Waals surface area (Å²) < 4.78 is 5.52. The van der Waals surface area contributed by atoms with Gasteiger partial charge in [-0.25, -0.2) is 14.4 Å². The van der Waals surface area contributed by atoms with Crippen LogP contribution in [0.2, 0.25) is 0 Å². The van der Waals surface area contributed by atoms with Crippen molar-refractivity contribution in [2.45, 2.75) is 144 Å². The van der Waals surface area contributed by atoms with Crippen LogP contribution in [0.4, 0.5) is 26.7 Å². The fourth-order valence-electron chi connectivity index (χ4n) is 9.93. The van der Waals surface area contributed by atoms with E-state index in [0.29, 0.717) is 34.7 Å². The molecule has 20 nitrogen and oxygen atoms in total. The van der Waals surface area contributed by atoms with Crippen LogP contribution in [-0.4, -0.2) is 115 Å². The molecule has 20 heteroatoms. The first-order valence-electron chi connectivity index (χ1n) is 28.8. The molecule has 0 radical (unpaired) electrons. The monoisotopic (exact) mass is 1170 g/mol. The largest absolute Gasteiger partial charge is 0.478 e. The normalized spacial score (nSPS) is 14.1. The molecule has 0 bridgehead atoms. The predicted molar refractivity (Wildman–Crippen MR) is 330 cm³/mol. The van der Waals surface area contributed by atoms with Crippen LogP contribution in [0.25, 0.3) is 0 Å². The molecular formula is C65H86N10O10. The number of rotatable bonds is 27. The summed E-state index contributed by atoms with van der Waals surface area (Å²) in [5.74, 6) is 2.89. The van der Waals surface area contributed by atoms with Crippen LogP contribution in [0.5, 0.6) is 0 Å². The molecular weight excluding hydrogens is 1080 g/mol. The smallest absolute Gasteiger partial charge is 0.411 e. The third-order valence-electron chi connectivity index (χ3n) is 15.1. The van der Waals surface area contributed by atoms with Crippen LogP contribution in [-0.2, 0) is 52.1 Å². The number of ether oxygens (including phenoxy) is 1. The van der Waals surface area contributed by atoms with Gasteiger partial charge in [0.05, 0.1) is 18.3 Å². The highest BCUT2D eigenvalue weighted by Crippen LogP contribution is 2.31. The summed E-state index contributed by atoms with van der Waals surface area (Å²) >= 11 is 0. The maximum Gasteiger partial charge on any atom is 0.411 e. The van der Waals surface area contributed by atoms with Gasteiger partial charge in [0, 0.05) is 71.5 Å². The Morgan fingerprint density at radius 1 is 0.753 bits per heavy atom. The molecule has 0 fully saturated rings. The van der Waals surface area contributed by atoms with Crippen molar-refractivity contribution in [3.8, 4) is 11.8 Å². The molecule has 0 spiro atoms. The number of carboxylic acids is 1. The number of amides is 8. The number of aliphatic carboxylic acids is 1. The van der Waals surface area contributed by atoms with E-state index in [9.17, 15) is 43.5 Å². The number of nitrogens with two attached hydrogens (primary N) is 1. The zero-order chi connectivity index (χ0) is 62.8. The molecule has 0 aromatic heterocycles. The molecule has 1 aliphatic rings. The van der Waals surface area contributed by atoms with E-state index in [0.717, 1.165) is 16.7 Å². The minimum absolute atomic E-state index is 0.0968. The molecule has 5 atom stereocenters. The quantitative estimate of drug-likeness (QED) is 0.0159. The number of carboxylic acid groups (broad SMARTS) is 1. The number of carbonyl (C=O) groups is 8. The van der Waals surface area contributed by atoms with Crippen LogP contribution >= 0.6 is 0 Å². The third-order valence-corrected chi connectivity index (χ3v) is 15.1. The van der Waals surface area contributed by atoms with E-state index >= 15 is 0 Å². The SMILES string of the molecule is CNC(C(=O)N[C@H](CN(C)[C@H](/C=C(\C)C(=O)O)C(C)C)C(C)(C)C)C(C)(C)c1ccc(NC(=O)OCc2ccc(NC(=O)[C@H](CCCNC(N)=O)NC(=O)[C@@H](NC(=O)CCC(=O)N3Cc4ccccc4C#Cc4ccccc43)C(C)C)cc2)cc1. The Labute approximate surface area is 500 Å². The number of nitrogens with zero attached hydrogens (tertiary/aromatic N) is 2. The number of carbonyl (C=O) groups excluding carboxylic acids is 7. The molecule has 1 unspecified atom stereocenters. The van der Waals surface area contributed by atoms with Gasteiger partial charge in [0.2, 0.25) is 29.5 Å². The summed E-state index contributed by atoms with van der Waals surface area (Å²) in [4.78, 5) is 109. The number of urea groups is 1. The Morgan fingerprint density at radius 2 is 1.36 bits per heavy atom. The molecule has 10 N–H and O–H groups in total. The maximum absolute atomic E-state index is 14.2. The summed E-state index contributed by atoms with van der Waals surface area (Å²) in [5.41, 5.74) is 9.74. The predicted octanol–water partition coefficient (Wildman–Crippen LogP) is 7.56. The lowest BCUT2D eigenvalue weighted by Crippen LogP contribution is -2.59. The van der Waals surface area contributed by atoms with E-state index < -0.39 is 65.3 Å². The van der Waals surface area contributed by atoms with Crippen molar-refractivity contribution >= 4 is 64.7 Å². The van der Waals surface area contributed by atoms with Gasteiger partial charge in [0.15, 0.2) is 0 Å². The first-order valence-corrected chi connectivity index (χ1v) is 28.8. The van der Waals surface area contributed by atoms with Gasteiger partial charge < -0.3 is 52.4 Å². The van der Waals surface area contributed by atoms with Crippen LogP contribution in [0.15, 0.2) is 109 Å². The molecule has 8 amide bonds. The third kappa shape index (κ3) is 19.8. The molecule has 0 aliphatic carbocycles. The number of para-hydroxylation sites is 1. The second-order valence-corrected chi connectivity index (χ2v) is 23.9. The van der Waals surface area contributed by atoms with Crippen LogP contribution in [0, 0.1) is 29.1 Å². The maximum atomic E-state index is 14.2. The lowest BCUT2D eigenvalue weighted by atomic mass is 9.76. The lowest BCUT2D eigenvalue weighted by Gasteiger charge is -2.40. The van der Waals surface area contributed by atoms with Gasteiger partial charge >= 0.3 is 18.1 Å². The zero-order valence-corrected chi connectivity index (χ0v) is 51.1. The highest BCUT2D eigenvalue weighted by atomic mass is 16.5. The molecule has 4 aromatic rings. The van der Waals surface area contributed by atoms with Crippen LogP contribution < -0.4 is 47.9 Å². The van der Waals surface area contributed by atoms with Crippen molar-refractivity contribution in [3.63, 3.8) is 0 Å². The zero-order valence-electron chi connectivity index (χ0n) is 51.1. The number of hydrogen-bond acceptors (Lipinski definition) is 11. The molecule has 456 valence electrons. The van der Waals surface area contributed by atoms with Crippen LogP contribution in [0.1, 0.15) is 123 Å². The average Bonchev–Trinajstić information content (AvgIpc) is 2.27. The Kier molecular flexibility index (Phi) is 24.4. The number of benzene rings is 4. The van der Waals surface area contributed by atoms with Gasteiger partial charge in [0.1, 0.15) is 18.7 Å². The Balaban J connectivity index is 1.15. The fourth-order valence-corrected chi connectivity index (χ4v) is 9.93. The van der Waals surface area contributed by atoms with E-state index in [4.69, 9.17) is 10.5 Å². The first-order chi connectivity index (χ1) is 40.1. The molecule has 0 saturated carbocycles. The number of likely N-dealkylation sites (N-methyl/N-ethyl adjacent to an activating group) is 2. The highest BCUT2D eigenvalue weighted by Gasteiger charge is 2.39. The van der Waals surface area contributed by atoms with E-state index in [1.165, 1.54) is 0 Å². The molecule has 4 aromatic carbocycles. The lowest BCUT2D eigenvalue weighted by molar-refractivity contribution is -0.132. The molecule has 0 saturated heterocycles. The minimum Gasteiger partial charge on any atom is -0.478 e. The number of primary amides is 1. The molecule has 85 heavy (non-hydrogen) atoms. The standard InChI is InChI=1S/C65H86N10O10/c1-40(2)52(36-42(5)61(81)82)74(12)38-53(64(6,7)8)72-60(80)57(67-11)65(9,10)47-27-31-49(32-28-47)70-63(84)85-39-43-23-29-48(30-24-43)69-58(78)50(21-17-35-68-62(66)83)71-59(79)56(41(3)4)73-54(76)33-34-55(77)75-37-46-20-14-13-18-44(46)25-26-45-19-15-16-22-51(45)75/h13-16,18-20,22-24,27-32,36,40-41,50,52-53,56-57,67H,17,21,33-35,37-39H2,1-12H3,(H,69,78)(H,70,84)(H,71,79)(H,72,80)(H,73,76)(H,81,82)(H3,66,68,83)/b42-36+/t50-,52+,53+,56-,57?/m0/s1. The van der Waals surface area contributed by atoms with Crippen molar-refractivity contribution in [2.24, 2.45) is 23.0 Å². The summed E-state index contributed by atoms with van der Waals surface area (Å²) in [6.07, 6.45) is 1.06. The fraction of sp³-hybridized carbons (Fsp3) is 0.446. The van der Waals surface area contributed by atoms with Gasteiger partial charge in [-0.05, 0) is 110 Å². The second kappa shape index (κ2) is 30.8. The van der Waals surface area contributed by atoms with Crippen molar-refractivity contribution in [1.82, 2.24) is 31.5 Å². The van der Waals surface area contributed by atoms with Crippen molar-refractivity contribution in [2.75, 3.05) is 42.7 Å². The summed E-state index contributed by atoms with van der Waals surface area (Å²) in [6, 6.07) is 24.6. The Bertz CT molecular complexity index is 3100. The number of hydrogen-bond donors (Lipinski definition) is 9. The van der Waals surface area contributed by atoms with E-state index in [1.807, 2.05) is 95.4 Å². The van der Waals surface area contributed by atoms with Crippen molar-refractivity contribution in [3.05, 3.63) is 137 Å². The second-order valence-electron chi connectivity index (χ2n) is 23.9. The first kappa shape index (κ1) is 67.3. The van der Waals surface area contributed by atoms with Gasteiger partial charge in [-0.15, -0.1) is 0 Å². The van der Waals surface area contributed by atoms with Gasteiger partial charge in [-0.3, -0.25) is 34.2 Å². The average molecular weight is 1170 g/mol. The topological polar surface area (TPSA) is 283 Å². The summed E-state index contributed by atoms with van der Waals surface area (Å²) in [5, 5.41) is 29.6. The minimum atomic E-state index is -1.11. The van der Waals surface area contributed by atoms with E-state index in [1.54, 1.807) is 75.2 Å². The molecule has 5 rings (SSSR count). The number of nitrogens with one attached hydrogen (secondary N) is 7. The molecule has 1 aliphatic heterocycles. The molecule has 1 heterocycles. The van der Waals surface area contributed by atoms with Crippen LogP contribution in [0.3, 0.4) is 0 Å². The van der Waals surface area contributed by atoms with Gasteiger partial charge in [-0.1, -0.05) is 135 Å². The highest BCUT2D eigenvalue weighted by molar-refractivity contribution is 6.00.